The van der Waals surface area contributed by atoms with Gasteiger partial charge < -0.3 is 9.84 Å². The van der Waals surface area contributed by atoms with E-state index in [2.05, 4.69) is 0 Å². The first-order chi connectivity index (χ1) is 7.42. The zero-order valence-electron chi connectivity index (χ0n) is 9.37. The summed E-state index contributed by atoms with van der Waals surface area (Å²) in [4.78, 5) is 10.8. The summed E-state index contributed by atoms with van der Waals surface area (Å²) < 4.78 is 5.43. The van der Waals surface area contributed by atoms with Crippen molar-refractivity contribution in [1.29, 1.82) is 0 Å². The van der Waals surface area contributed by atoms with Crippen LogP contribution in [0.3, 0.4) is 0 Å². The summed E-state index contributed by atoms with van der Waals surface area (Å²) in [5.41, 5.74) is -0.765. The molecule has 0 aliphatic carbocycles. The lowest BCUT2D eigenvalue weighted by molar-refractivity contribution is -0.147. The number of hydrogen-bond acceptors (Lipinski definition) is 2. The van der Waals surface area contributed by atoms with Gasteiger partial charge in [-0.1, -0.05) is 17.7 Å². The first kappa shape index (κ1) is 12.8. The smallest absolute Gasteiger partial charge is 0.309 e. The fourth-order valence-corrected chi connectivity index (χ4v) is 1.27. The van der Waals surface area contributed by atoms with Crippen molar-refractivity contribution in [2.75, 3.05) is 6.61 Å². The Hall–Kier alpha value is -1.22. The van der Waals surface area contributed by atoms with Crippen LogP contribution in [0.4, 0.5) is 0 Å². The average Bonchev–Trinajstić information content (AvgIpc) is 2.17. The molecular weight excluding hydrogens is 228 g/mol. The van der Waals surface area contributed by atoms with Crippen LogP contribution < -0.4 is 4.74 Å². The van der Waals surface area contributed by atoms with Crippen molar-refractivity contribution < 1.29 is 14.6 Å². The van der Waals surface area contributed by atoms with Crippen LogP contribution >= 0.6 is 11.6 Å². The molecule has 4 heteroatoms. The number of rotatable bonds is 5. The van der Waals surface area contributed by atoms with Crippen LogP contribution in [0.2, 0.25) is 5.02 Å². The highest BCUT2D eigenvalue weighted by Crippen LogP contribution is 2.22. The van der Waals surface area contributed by atoms with Gasteiger partial charge in [0.05, 0.1) is 12.0 Å². The van der Waals surface area contributed by atoms with Gasteiger partial charge in [-0.05, 0) is 38.5 Å². The standard InChI is InChI=1S/C12H15ClO3/c1-12(2,11(14)15)6-7-16-10-5-3-4-9(13)8-10/h3-5,8H,6-7H2,1-2H3,(H,14,15). The predicted molar refractivity (Wildman–Crippen MR) is 63.0 cm³/mol. The molecular formula is C12H15ClO3. The van der Waals surface area contributed by atoms with Crippen molar-refractivity contribution in [2.24, 2.45) is 5.41 Å². The van der Waals surface area contributed by atoms with E-state index in [1.165, 1.54) is 0 Å². The normalized spacial score (nSPS) is 11.2. The van der Waals surface area contributed by atoms with E-state index < -0.39 is 11.4 Å². The summed E-state index contributed by atoms with van der Waals surface area (Å²) in [6.45, 7) is 3.72. The first-order valence-corrected chi connectivity index (χ1v) is 5.41. The Morgan fingerprint density at radius 3 is 2.75 bits per heavy atom. The Balaban J connectivity index is 2.45. The van der Waals surface area contributed by atoms with Gasteiger partial charge in [0.15, 0.2) is 0 Å². The van der Waals surface area contributed by atoms with Gasteiger partial charge in [-0.3, -0.25) is 4.79 Å². The Kier molecular flexibility index (Phi) is 4.19. The van der Waals surface area contributed by atoms with E-state index in [9.17, 15) is 4.79 Å². The highest BCUT2D eigenvalue weighted by molar-refractivity contribution is 6.30. The number of halogens is 1. The van der Waals surface area contributed by atoms with Gasteiger partial charge in [-0.25, -0.2) is 0 Å². The fraction of sp³-hybridized carbons (Fsp3) is 0.417. The minimum Gasteiger partial charge on any atom is -0.494 e. The number of aliphatic carboxylic acids is 1. The molecule has 0 fully saturated rings. The third-order valence-corrected chi connectivity index (χ3v) is 2.61. The van der Waals surface area contributed by atoms with Crippen LogP contribution in [-0.4, -0.2) is 17.7 Å². The Morgan fingerprint density at radius 1 is 1.50 bits per heavy atom. The van der Waals surface area contributed by atoms with Crippen molar-refractivity contribution in [3.05, 3.63) is 29.3 Å². The number of carbonyl (C=O) groups is 1. The van der Waals surface area contributed by atoms with E-state index in [-0.39, 0.29) is 0 Å². The van der Waals surface area contributed by atoms with Crippen molar-refractivity contribution in [2.45, 2.75) is 20.3 Å². The van der Waals surface area contributed by atoms with Gasteiger partial charge >= 0.3 is 5.97 Å². The SMILES string of the molecule is CC(C)(CCOc1cccc(Cl)c1)C(=O)O. The lowest BCUT2D eigenvalue weighted by Gasteiger charge is -2.18. The molecule has 88 valence electrons. The van der Waals surface area contributed by atoms with Crippen LogP contribution in [0.25, 0.3) is 0 Å². The minimum absolute atomic E-state index is 0.361. The molecule has 0 heterocycles. The molecule has 1 aromatic rings. The second-order valence-corrected chi connectivity index (χ2v) is 4.68. The predicted octanol–water partition coefficient (Wildman–Crippen LogP) is 3.22. The molecule has 0 unspecified atom stereocenters. The van der Waals surface area contributed by atoms with E-state index >= 15 is 0 Å². The molecule has 0 saturated heterocycles. The molecule has 0 atom stereocenters. The van der Waals surface area contributed by atoms with Crippen molar-refractivity contribution >= 4 is 17.6 Å². The summed E-state index contributed by atoms with van der Waals surface area (Å²) in [6, 6.07) is 7.05. The van der Waals surface area contributed by atoms with E-state index in [0.717, 1.165) is 0 Å². The molecule has 0 aliphatic rings. The molecule has 1 aromatic carbocycles. The monoisotopic (exact) mass is 242 g/mol. The van der Waals surface area contributed by atoms with Crippen LogP contribution in [0.1, 0.15) is 20.3 Å². The summed E-state index contributed by atoms with van der Waals surface area (Å²) >= 11 is 5.79. The van der Waals surface area contributed by atoms with Crippen molar-refractivity contribution in [3.8, 4) is 5.75 Å². The highest BCUT2D eigenvalue weighted by atomic mass is 35.5. The van der Waals surface area contributed by atoms with Crippen molar-refractivity contribution in [3.63, 3.8) is 0 Å². The fourth-order valence-electron chi connectivity index (χ4n) is 1.09. The molecule has 0 aliphatic heterocycles. The van der Waals surface area contributed by atoms with E-state index in [4.69, 9.17) is 21.4 Å². The summed E-state index contributed by atoms with van der Waals surface area (Å²) in [5, 5.41) is 9.51. The molecule has 0 aromatic heterocycles. The molecule has 16 heavy (non-hydrogen) atoms. The topological polar surface area (TPSA) is 46.5 Å². The molecule has 0 saturated carbocycles. The maximum Gasteiger partial charge on any atom is 0.309 e. The molecule has 0 amide bonds. The Morgan fingerprint density at radius 2 is 2.19 bits per heavy atom. The Labute approximate surface area is 100.0 Å². The maximum absolute atomic E-state index is 10.8. The van der Waals surface area contributed by atoms with Gasteiger partial charge in [0.25, 0.3) is 0 Å². The summed E-state index contributed by atoms with van der Waals surface area (Å²) in [6.07, 6.45) is 0.453. The Bertz CT molecular complexity index is 374. The highest BCUT2D eigenvalue weighted by Gasteiger charge is 2.26. The second kappa shape index (κ2) is 5.21. The van der Waals surface area contributed by atoms with Gasteiger partial charge in [-0.2, -0.15) is 0 Å². The van der Waals surface area contributed by atoms with Crippen LogP contribution in [-0.2, 0) is 4.79 Å². The van der Waals surface area contributed by atoms with E-state index in [0.29, 0.717) is 23.8 Å². The molecule has 0 bridgehead atoms. The maximum atomic E-state index is 10.8. The summed E-state index contributed by atoms with van der Waals surface area (Å²) in [5.74, 6) is -0.157. The lowest BCUT2D eigenvalue weighted by Crippen LogP contribution is -2.25. The van der Waals surface area contributed by atoms with E-state index in [1.807, 2.05) is 0 Å². The minimum atomic E-state index is -0.817. The van der Waals surface area contributed by atoms with E-state index in [1.54, 1.807) is 38.1 Å². The molecule has 0 radical (unpaired) electrons. The van der Waals surface area contributed by atoms with Gasteiger partial charge in [0.1, 0.15) is 5.75 Å². The quantitative estimate of drug-likeness (QED) is 0.862. The molecule has 0 spiro atoms. The number of hydrogen-bond donors (Lipinski definition) is 1. The number of benzene rings is 1. The zero-order valence-corrected chi connectivity index (χ0v) is 10.1. The lowest BCUT2D eigenvalue weighted by atomic mass is 9.90. The largest absolute Gasteiger partial charge is 0.494 e. The third kappa shape index (κ3) is 3.74. The van der Waals surface area contributed by atoms with Gasteiger partial charge in [0, 0.05) is 5.02 Å². The van der Waals surface area contributed by atoms with Crippen LogP contribution in [0.15, 0.2) is 24.3 Å². The van der Waals surface area contributed by atoms with Gasteiger partial charge in [-0.15, -0.1) is 0 Å². The molecule has 1 N–H and O–H groups in total. The number of ether oxygens (including phenoxy) is 1. The first-order valence-electron chi connectivity index (χ1n) is 5.03. The third-order valence-electron chi connectivity index (χ3n) is 2.37. The molecule has 1 rings (SSSR count). The van der Waals surface area contributed by atoms with Crippen molar-refractivity contribution in [1.82, 2.24) is 0 Å². The summed E-state index contributed by atoms with van der Waals surface area (Å²) in [7, 11) is 0. The van der Waals surface area contributed by atoms with Gasteiger partial charge in [0.2, 0.25) is 0 Å². The average molecular weight is 243 g/mol. The molecule has 3 nitrogen and oxygen atoms in total. The second-order valence-electron chi connectivity index (χ2n) is 4.24. The van der Waals surface area contributed by atoms with Crippen LogP contribution in [0.5, 0.6) is 5.75 Å². The van der Waals surface area contributed by atoms with Crippen LogP contribution in [0, 0.1) is 5.41 Å². The zero-order chi connectivity index (χ0) is 12.2. The number of carboxylic acid groups (broad SMARTS) is 1. The number of carboxylic acids is 1.